The minimum absolute atomic E-state index is 0.0137. The van der Waals surface area contributed by atoms with Crippen LogP contribution >= 0.6 is 0 Å². The van der Waals surface area contributed by atoms with Gasteiger partial charge < -0.3 is 10.4 Å². The van der Waals surface area contributed by atoms with Crippen molar-refractivity contribution in [2.75, 3.05) is 11.9 Å². The summed E-state index contributed by atoms with van der Waals surface area (Å²) in [5.41, 5.74) is 1.54. The summed E-state index contributed by atoms with van der Waals surface area (Å²) in [5.74, 6) is -0.168. The lowest BCUT2D eigenvalue weighted by Gasteiger charge is -2.20. The number of carbonyl (C=O) groups excluding carboxylic acids is 2. The minimum Gasteiger partial charge on any atom is -0.387 e. The summed E-state index contributed by atoms with van der Waals surface area (Å²) in [7, 11) is 1.62. The Kier molecular flexibility index (Phi) is 5.32. The van der Waals surface area contributed by atoms with Crippen molar-refractivity contribution in [3.8, 4) is 0 Å². The number of rotatable bonds is 5. The van der Waals surface area contributed by atoms with E-state index in [2.05, 4.69) is 20.5 Å². The van der Waals surface area contributed by atoms with Gasteiger partial charge in [-0.05, 0) is 18.9 Å². The van der Waals surface area contributed by atoms with Gasteiger partial charge in [0.2, 0.25) is 5.82 Å². The average molecular weight is 409 g/mol. The van der Waals surface area contributed by atoms with E-state index in [1.54, 1.807) is 29.4 Å². The third kappa shape index (κ3) is 3.94. The third-order valence-electron chi connectivity index (χ3n) is 5.04. The number of anilines is 1. The second kappa shape index (κ2) is 8.07. The highest BCUT2D eigenvalue weighted by Crippen LogP contribution is 2.24. The van der Waals surface area contributed by atoms with E-state index in [1.165, 1.54) is 11.2 Å². The highest BCUT2D eigenvalue weighted by Gasteiger charge is 2.31. The topological polar surface area (TPSA) is 118 Å². The number of aliphatic hydroxyl groups excluding tert-OH is 1. The van der Waals surface area contributed by atoms with E-state index in [0.29, 0.717) is 31.0 Å². The average Bonchev–Trinajstić information content (AvgIpc) is 3.36. The van der Waals surface area contributed by atoms with Crippen molar-refractivity contribution in [2.24, 2.45) is 0 Å². The molecule has 3 heterocycles. The van der Waals surface area contributed by atoms with Gasteiger partial charge in [-0.15, -0.1) is 5.10 Å². The number of nitrogens with zero attached hydrogens (tertiary/aromatic N) is 6. The Morgan fingerprint density at radius 2 is 2.07 bits per heavy atom. The summed E-state index contributed by atoms with van der Waals surface area (Å²) in [6, 6.07) is 10.7. The van der Waals surface area contributed by atoms with Crippen LogP contribution in [0.5, 0.6) is 0 Å². The van der Waals surface area contributed by atoms with Gasteiger partial charge in [0.15, 0.2) is 0 Å². The Morgan fingerprint density at radius 1 is 1.30 bits per heavy atom. The van der Waals surface area contributed by atoms with Gasteiger partial charge in [-0.2, -0.15) is 5.10 Å². The number of hydrogen-bond acceptors (Lipinski definition) is 6. The maximum atomic E-state index is 12.9. The van der Waals surface area contributed by atoms with Crippen molar-refractivity contribution < 1.29 is 14.7 Å². The monoisotopic (exact) mass is 409 g/mol. The van der Waals surface area contributed by atoms with Gasteiger partial charge in [0.05, 0.1) is 18.3 Å². The van der Waals surface area contributed by atoms with Crippen LogP contribution in [0.1, 0.15) is 41.3 Å². The van der Waals surface area contributed by atoms with Gasteiger partial charge in [-0.1, -0.05) is 30.3 Å². The fraction of sp³-hybridized carbons (Fsp3) is 0.350. The molecule has 0 aliphatic carbocycles. The third-order valence-corrected chi connectivity index (χ3v) is 5.04. The molecule has 3 aromatic rings. The number of hydrogen-bond donors (Lipinski definition) is 2. The standard InChI is InChI=1S/C20H23N7O3/c1-13(28)16-10-17-25(2)20(30)15(8-9-27(17)23-16)22-19(29)18-21-12-26(24-18)11-14-6-4-3-5-7-14/h3-7,10,12-13,15,28H,8-9,11H2,1-2H3,(H,22,29)/t13?,15-/m0/s1. The molecule has 156 valence electrons. The van der Waals surface area contributed by atoms with Crippen molar-refractivity contribution in [3.63, 3.8) is 0 Å². The summed E-state index contributed by atoms with van der Waals surface area (Å²) in [6.07, 6.45) is 1.14. The predicted octanol–water partition coefficient (Wildman–Crippen LogP) is 0.741. The van der Waals surface area contributed by atoms with Crippen LogP contribution in [0.15, 0.2) is 42.7 Å². The molecule has 0 radical (unpaired) electrons. The van der Waals surface area contributed by atoms with E-state index >= 15 is 0 Å². The Labute approximate surface area is 173 Å². The fourth-order valence-corrected chi connectivity index (χ4v) is 3.39. The molecule has 1 unspecified atom stereocenters. The minimum atomic E-state index is -0.722. The number of nitrogens with one attached hydrogen (secondary N) is 1. The molecule has 1 aromatic carbocycles. The summed E-state index contributed by atoms with van der Waals surface area (Å²) < 4.78 is 3.25. The van der Waals surface area contributed by atoms with Gasteiger partial charge in [0.25, 0.3) is 11.8 Å². The van der Waals surface area contributed by atoms with Crippen LogP contribution in [0.3, 0.4) is 0 Å². The first-order valence-corrected chi connectivity index (χ1v) is 9.70. The SMILES string of the molecule is CC(O)c1cc2n(n1)CC[C@H](NC(=O)c1ncn(Cc3ccccc3)n1)C(=O)N2C. The van der Waals surface area contributed by atoms with Crippen LogP contribution in [-0.2, 0) is 17.9 Å². The maximum absolute atomic E-state index is 12.9. The summed E-state index contributed by atoms with van der Waals surface area (Å²) >= 11 is 0. The second-order valence-corrected chi connectivity index (χ2v) is 7.29. The lowest BCUT2D eigenvalue weighted by atomic mass is 10.2. The van der Waals surface area contributed by atoms with Gasteiger partial charge >= 0.3 is 0 Å². The van der Waals surface area contributed by atoms with Crippen molar-refractivity contribution in [2.45, 2.75) is 38.6 Å². The first-order chi connectivity index (χ1) is 14.4. The predicted molar refractivity (Wildman–Crippen MR) is 108 cm³/mol. The second-order valence-electron chi connectivity index (χ2n) is 7.29. The van der Waals surface area contributed by atoms with E-state index in [1.807, 2.05) is 30.3 Å². The number of aromatic nitrogens is 5. The molecule has 0 spiro atoms. The van der Waals surface area contributed by atoms with Crippen molar-refractivity contribution in [1.29, 1.82) is 0 Å². The van der Waals surface area contributed by atoms with E-state index in [0.717, 1.165) is 5.56 Å². The van der Waals surface area contributed by atoms with Gasteiger partial charge in [0.1, 0.15) is 18.2 Å². The quantitative estimate of drug-likeness (QED) is 0.642. The van der Waals surface area contributed by atoms with Crippen LogP contribution in [0.2, 0.25) is 0 Å². The van der Waals surface area contributed by atoms with Crippen molar-refractivity contribution >= 4 is 17.6 Å². The van der Waals surface area contributed by atoms with Crippen molar-refractivity contribution in [3.05, 3.63) is 59.8 Å². The summed E-state index contributed by atoms with van der Waals surface area (Å²) in [5, 5.41) is 21.0. The molecular formula is C20H23N7O3. The number of benzene rings is 1. The number of aliphatic hydroxyl groups is 1. The highest BCUT2D eigenvalue weighted by molar-refractivity contribution is 6.00. The first-order valence-electron chi connectivity index (χ1n) is 9.70. The van der Waals surface area contributed by atoms with Crippen LogP contribution in [0.4, 0.5) is 5.82 Å². The Bertz CT molecular complexity index is 1060. The number of likely N-dealkylation sites (N-methyl/N-ethyl adjacent to an activating group) is 1. The molecule has 0 bridgehead atoms. The lowest BCUT2D eigenvalue weighted by Crippen LogP contribution is -2.47. The fourth-order valence-electron chi connectivity index (χ4n) is 3.39. The zero-order valence-electron chi connectivity index (χ0n) is 16.8. The molecule has 2 atom stereocenters. The zero-order valence-corrected chi connectivity index (χ0v) is 16.8. The molecule has 0 saturated carbocycles. The van der Waals surface area contributed by atoms with Crippen molar-refractivity contribution in [1.82, 2.24) is 29.9 Å². The highest BCUT2D eigenvalue weighted by atomic mass is 16.3. The molecule has 2 aromatic heterocycles. The summed E-state index contributed by atoms with van der Waals surface area (Å²) in [6.45, 7) is 2.55. The van der Waals surface area contributed by atoms with E-state index < -0.39 is 18.1 Å². The normalized spacial score (nSPS) is 17.4. The Balaban J connectivity index is 1.43. The Morgan fingerprint density at radius 3 is 2.80 bits per heavy atom. The van der Waals surface area contributed by atoms with Crippen LogP contribution < -0.4 is 10.2 Å². The molecule has 2 N–H and O–H groups in total. The summed E-state index contributed by atoms with van der Waals surface area (Å²) in [4.78, 5) is 31.0. The van der Waals surface area contributed by atoms with Gasteiger partial charge in [-0.3, -0.25) is 14.5 Å². The molecule has 10 nitrogen and oxygen atoms in total. The van der Waals surface area contributed by atoms with Gasteiger partial charge in [-0.25, -0.2) is 14.3 Å². The lowest BCUT2D eigenvalue weighted by molar-refractivity contribution is -0.120. The molecule has 10 heteroatoms. The van der Waals surface area contributed by atoms with E-state index in [-0.39, 0.29) is 11.7 Å². The number of amides is 2. The number of carbonyl (C=O) groups is 2. The Hall–Kier alpha value is -3.53. The zero-order chi connectivity index (χ0) is 21.3. The molecule has 30 heavy (non-hydrogen) atoms. The first kappa shape index (κ1) is 19.8. The maximum Gasteiger partial charge on any atom is 0.291 e. The largest absolute Gasteiger partial charge is 0.387 e. The van der Waals surface area contributed by atoms with E-state index in [4.69, 9.17) is 0 Å². The molecule has 4 rings (SSSR count). The number of fused-ring (bicyclic) bond motifs is 1. The van der Waals surface area contributed by atoms with Gasteiger partial charge in [0, 0.05) is 19.7 Å². The molecule has 1 aliphatic rings. The molecule has 0 fully saturated rings. The molecule has 1 aliphatic heterocycles. The van der Waals surface area contributed by atoms with Crippen LogP contribution in [0.25, 0.3) is 0 Å². The molecule has 0 saturated heterocycles. The van der Waals surface area contributed by atoms with Crippen LogP contribution in [0, 0.1) is 0 Å². The van der Waals surface area contributed by atoms with E-state index in [9.17, 15) is 14.7 Å². The van der Waals surface area contributed by atoms with Crippen LogP contribution in [-0.4, -0.2) is 54.6 Å². The molecule has 2 amide bonds. The smallest absolute Gasteiger partial charge is 0.291 e. The molecular weight excluding hydrogens is 386 g/mol. The number of aryl methyl sites for hydroxylation is 1.